The van der Waals surface area contributed by atoms with Crippen LogP contribution in [-0.2, 0) is 14.3 Å². The van der Waals surface area contributed by atoms with E-state index in [1.54, 1.807) is 12.1 Å². The van der Waals surface area contributed by atoms with Crippen molar-refractivity contribution in [2.75, 3.05) is 39.4 Å². The monoisotopic (exact) mass is 320 g/mol. The molecule has 116 valence electrons. The molecule has 6 heteroatoms. The van der Waals surface area contributed by atoms with Crippen molar-refractivity contribution in [3.05, 3.63) is 40.9 Å². The van der Waals surface area contributed by atoms with Crippen LogP contribution in [0.4, 0.5) is 0 Å². The average molecular weight is 321 g/mol. The van der Waals surface area contributed by atoms with E-state index < -0.39 is 5.91 Å². The second-order valence-corrected chi connectivity index (χ2v) is 5.65. The van der Waals surface area contributed by atoms with Crippen LogP contribution >= 0.6 is 11.6 Å². The van der Waals surface area contributed by atoms with Crippen molar-refractivity contribution < 1.29 is 14.3 Å². The molecule has 2 aliphatic rings. The Hall–Kier alpha value is -1.69. The van der Waals surface area contributed by atoms with Crippen molar-refractivity contribution in [1.29, 1.82) is 0 Å². The van der Waals surface area contributed by atoms with E-state index in [9.17, 15) is 9.59 Å². The van der Waals surface area contributed by atoms with Gasteiger partial charge in [0.15, 0.2) is 0 Å². The topological polar surface area (TPSA) is 49.9 Å². The zero-order valence-electron chi connectivity index (χ0n) is 12.1. The lowest BCUT2D eigenvalue weighted by molar-refractivity contribution is -0.136. The highest BCUT2D eigenvalue weighted by molar-refractivity contribution is 6.55. The molecule has 1 saturated heterocycles. The maximum absolute atomic E-state index is 12.5. The summed E-state index contributed by atoms with van der Waals surface area (Å²) in [5.74, 6) is -0.715. The number of benzene rings is 1. The Morgan fingerprint density at radius 1 is 1.00 bits per heavy atom. The Kier molecular flexibility index (Phi) is 4.57. The standard InChI is InChI=1S/C16H17ClN2O3/c17-14-13(12-4-2-1-3-5-12)15(20)19(16(14)21)7-6-18-8-10-22-11-9-18/h1-5H,6-11H2. The predicted molar refractivity (Wildman–Crippen MR) is 83.2 cm³/mol. The van der Waals surface area contributed by atoms with Crippen LogP contribution in [0.3, 0.4) is 0 Å². The van der Waals surface area contributed by atoms with Gasteiger partial charge in [-0.1, -0.05) is 41.9 Å². The predicted octanol–water partition coefficient (Wildman–Crippen LogP) is 1.34. The maximum atomic E-state index is 12.5. The van der Waals surface area contributed by atoms with E-state index in [1.807, 2.05) is 18.2 Å². The number of imide groups is 1. The van der Waals surface area contributed by atoms with Gasteiger partial charge in [0.2, 0.25) is 0 Å². The van der Waals surface area contributed by atoms with E-state index in [2.05, 4.69) is 4.90 Å². The number of morpholine rings is 1. The minimum atomic E-state index is -0.404. The zero-order chi connectivity index (χ0) is 15.5. The molecule has 0 bridgehead atoms. The summed E-state index contributed by atoms with van der Waals surface area (Å²) < 4.78 is 5.29. The number of ether oxygens (including phenoxy) is 1. The molecule has 0 atom stereocenters. The molecule has 0 spiro atoms. The van der Waals surface area contributed by atoms with Crippen LogP contribution in [0.1, 0.15) is 5.56 Å². The van der Waals surface area contributed by atoms with Crippen LogP contribution in [0.25, 0.3) is 5.57 Å². The molecule has 1 fully saturated rings. The summed E-state index contributed by atoms with van der Waals surface area (Å²) in [5, 5.41) is 0.0122. The third kappa shape index (κ3) is 2.92. The van der Waals surface area contributed by atoms with Crippen LogP contribution < -0.4 is 0 Å². The van der Waals surface area contributed by atoms with Gasteiger partial charge in [0, 0.05) is 26.2 Å². The summed E-state index contributed by atoms with van der Waals surface area (Å²) in [7, 11) is 0. The van der Waals surface area contributed by atoms with Crippen molar-refractivity contribution in [3.8, 4) is 0 Å². The summed E-state index contributed by atoms with van der Waals surface area (Å²) in [6, 6.07) is 9.07. The molecule has 0 radical (unpaired) electrons. The first-order valence-corrected chi connectivity index (χ1v) is 7.68. The van der Waals surface area contributed by atoms with E-state index in [1.165, 1.54) is 4.90 Å². The zero-order valence-corrected chi connectivity index (χ0v) is 12.9. The molecular weight excluding hydrogens is 304 g/mol. The third-order valence-corrected chi connectivity index (χ3v) is 4.27. The summed E-state index contributed by atoms with van der Waals surface area (Å²) in [4.78, 5) is 28.2. The number of hydrogen-bond acceptors (Lipinski definition) is 4. The van der Waals surface area contributed by atoms with Gasteiger partial charge in [-0.3, -0.25) is 19.4 Å². The van der Waals surface area contributed by atoms with Crippen molar-refractivity contribution >= 4 is 29.0 Å². The molecule has 0 aliphatic carbocycles. The molecule has 3 rings (SSSR count). The molecule has 0 aromatic heterocycles. The van der Waals surface area contributed by atoms with Gasteiger partial charge in [0.05, 0.1) is 18.8 Å². The minimum absolute atomic E-state index is 0.0122. The second kappa shape index (κ2) is 6.60. The first-order valence-electron chi connectivity index (χ1n) is 7.30. The van der Waals surface area contributed by atoms with Crippen LogP contribution in [0.2, 0.25) is 0 Å². The summed E-state index contributed by atoms with van der Waals surface area (Å²) in [6.45, 7) is 4.02. The average Bonchev–Trinajstić information content (AvgIpc) is 2.77. The molecule has 5 nitrogen and oxygen atoms in total. The van der Waals surface area contributed by atoms with Gasteiger partial charge in [-0.25, -0.2) is 0 Å². The fourth-order valence-electron chi connectivity index (χ4n) is 2.67. The third-order valence-electron chi connectivity index (χ3n) is 3.92. The van der Waals surface area contributed by atoms with E-state index in [-0.39, 0.29) is 10.9 Å². The first kappa shape index (κ1) is 15.2. The minimum Gasteiger partial charge on any atom is -0.379 e. The van der Waals surface area contributed by atoms with Gasteiger partial charge in [0.1, 0.15) is 5.03 Å². The van der Waals surface area contributed by atoms with Crippen molar-refractivity contribution in [3.63, 3.8) is 0 Å². The van der Waals surface area contributed by atoms with E-state index in [4.69, 9.17) is 16.3 Å². The molecule has 1 aromatic carbocycles. The highest BCUT2D eigenvalue weighted by Gasteiger charge is 2.37. The van der Waals surface area contributed by atoms with Crippen molar-refractivity contribution in [1.82, 2.24) is 9.80 Å². The number of hydrogen-bond donors (Lipinski definition) is 0. The van der Waals surface area contributed by atoms with Gasteiger partial charge in [-0.15, -0.1) is 0 Å². The quantitative estimate of drug-likeness (QED) is 0.786. The number of carbonyl (C=O) groups is 2. The Morgan fingerprint density at radius 2 is 1.68 bits per heavy atom. The van der Waals surface area contributed by atoms with E-state index in [0.29, 0.717) is 37.4 Å². The maximum Gasteiger partial charge on any atom is 0.273 e. The smallest absolute Gasteiger partial charge is 0.273 e. The van der Waals surface area contributed by atoms with Gasteiger partial charge < -0.3 is 4.74 Å². The lowest BCUT2D eigenvalue weighted by atomic mass is 10.1. The number of rotatable bonds is 4. The van der Waals surface area contributed by atoms with Crippen molar-refractivity contribution in [2.45, 2.75) is 0 Å². The molecule has 0 N–H and O–H groups in total. The molecular formula is C16H17ClN2O3. The van der Waals surface area contributed by atoms with Crippen molar-refractivity contribution in [2.24, 2.45) is 0 Å². The molecule has 0 unspecified atom stereocenters. The molecule has 1 aromatic rings. The van der Waals surface area contributed by atoms with Gasteiger partial charge in [-0.05, 0) is 5.56 Å². The van der Waals surface area contributed by atoms with Crippen LogP contribution in [-0.4, -0.2) is 61.0 Å². The number of amides is 2. The Labute approximate surface area is 134 Å². The van der Waals surface area contributed by atoms with Gasteiger partial charge in [-0.2, -0.15) is 0 Å². The van der Waals surface area contributed by atoms with E-state index >= 15 is 0 Å². The summed E-state index contributed by atoms with van der Waals surface area (Å²) in [6.07, 6.45) is 0. The fraction of sp³-hybridized carbons (Fsp3) is 0.375. The van der Waals surface area contributed by atoms with Gasteiger partial charge >= 0.3 is 0 Å². The molecule has 2 amide bonds. The highest BCUT2D eigenvalue weighted by Crippen LogP contribution is 2.31. The van der Waals surface area contributed by atoms with Crippen LogP contribution in [0, 0.1) is 0 Å². The highest BCUT2D eigenvalue weighted by atomic mass is 35.5. The Bertz CT molecular complexity index is 609. The normalized spacial score (nSPS) is 20.1. The SMILES string of the molecule is O=C1C(Cl)=C(c2ccccc2)C(=O)N1CCN1CCOCC1. The van der Waals surface area contributed by atoms with Crippen LogP contribution in [0.5, 0.6) is 0 Å². The first-order chi connectivity index (χ1) is 10.7. The fourth-order valence-corrected chi connectivity index (χ4v) is 2.96. The lowest BCUT2D eigenvalue weighted by Crippen LogP contribution is -2.43. The van der Waals surface area contributed by atoms with Gasteiger partial charge in [0.25, 0.3) is 11.8 Å². The molecule has 0 saturated carbocycles. The number of carbonyl (C=O) groups excluding carboxylic acids is 2. The summed E-state index contributed by atoms with van der Waals surface area (Å²) in [5.41, 5.74) is 0.981. The number of halogens is 1. The lowest BCUT2D eigenvalue weighted by Gasteiger charge is -2.28. The second-order valence-electron chi connectivity index (χ2n) is 5.27. The number of nitrogens with zero attached hydrogens (tertiary/aromatic N) is 2. The van der Waals surface area contributed by atoms with Crippen LogP contribution in [0.15, 0.2) is 35.4 Å². The molecule has 22 heavy (non-hydrogen) atoms. The molecule has 2 heterocycles. The summed E-state index contributed by atoms with van der Waals surface area (Å²) >= 11 is 6.11. The Morgan fingerprint density at radius 3 is 2.36 bits per heavy atom. The molecule has 2 aliphatic heterocycles. The van der Waals surface area contributed by atoms with E-state index in [0.717, 1.165) is 13.1 Å². The largest absolute Gasteiger partial charge is 0.379 e. The Balaban J connectivity index is 1.71.